The van der Waals surface area contributed by atoms with Crippen LogP contribution in [-0.2, 0) is 11.8 Å². The number of rotatable bonds is 6. The summed E-state index contributed by atoms with van der Waals surface area (Å²) in [7, 11) is 1.77. The van der Waals surface area contributed by atoms with Gasteiger partial charge in [-0.25, -0.2) is 0 Å². The number of nitro benzene ring substituents is 1. The first-order valence-electron chi connectivity index (χ1n) is 8.45. The molecule has 0 spiro atoms. The van der Waals surface area contributed by atoms with Crippen LogP contribution in [0.3, 0.4) is 0 Å². The van der Waals surface area contributed by atoms with Crippen molar-refractivity contribution in [3.63, 3.8) is 0 Å². The molecule has 0 unspecified atom stereocenters. The van der Waals surface area contributed by atoms with Crippen LogP contribution in [0.2, 0.25) is 0 Å². The maximum absolute atomic E-state index is 12.2. The summed E-state index contributed by atoms with van der Waals surface area (Å²) in [5.74, 6) is 0.686. The third-order valence-electron chi connectivity index (χ3n) is 4.05. The third-order valence-corrected chi connectivity index (χ3v) is 6.26. The molecule has 0 N–H and O–H groups in total. The number of hydrogen-bond acceptors (Lipinski definition) is 5. The summed E-state index contributed by atoms with van der Waals surface area (Å²) in [5, 5.41) is 10.9. The average molecular weight is 402 g/mol. The highest BCUT2D eigenvalue weighted by molar-refractivity contribution is 7.99. The maximum Gasteiger partial charge on any atom is 0.271 e. The number of non-ortho nitro benzene ring substituents is 1. The standard InChI is InChI=1S/C19H19N3O3S2/c1-13-5-8-15(9-6-13)26-11-3-4-18(23)20-19-21(2)16-12-14(22(24)25)7-10-17(16)27-19/h5-10,12H,3-4,11H2,1-2H3. The minimum atomic E-state index is -0.426. The second-order valence-corrected chi connectivity index (χ2v) is 8.30. The monoisotopic (exact) mass is 401 g/mol. The van der Waals surface area contributed by atoms with Crippen LogP contribution in [0.4, 0.5) is 5.69 Å². The van der Waals surface area contributed by atoms with Crippen LogP contribution in [0.15, 0.2) is 52.4 Å². The van der Waals surface area contributed by atoms with Crippen LogP contribution in [0.5, 0.6) is 0 Å². The van der Waals surface area contributed by atoms with Gasteiger partial charge >= 0.3 is 0 Å². The summed E-state index contributed by atoms with van der Waals surface area (Å²) in [4.78, 5) is 28.6. The summed E-state index contributed by atoms with van der Waals surface area (Å²) in [5.41, 5.74) is 1.97. The number of aromatic nitrogens is 1. The van der Waals surface area contributed by atoms with Crippen LogP contribution >= 0.6 is 23.1 Å². The Labute approximate surface area is 164 Å². The SMILES string of the molecule is Cc1ccc(SCCCC(=O)N=c2sc3ccc([N+](=O)[O-])cc3n2C)cc1. The molecule has 140 valence electrons. The lowest BCUT2D eigenvalue weighted by Gasteiger charge is -2.01. The molecule has 0 saturated heterocycles. The van der Waals surface area contributed by atoms with Crippen molar-refractivity contribution in [3.05, 3.63) is 62.9 Å². The van der Waals surface area contributed by atoms with E-state index in [2.05, 4.69) is 36.2 Å². The van der Waals surface area contributed by atoms with Crippen molar-refractivity contribution in [2.24, 2.45) is 12.0 Å². The molecular weight excluding hydrogens is 382 g/mol. The topological polar surface area (TPSA) is 77.5 Å². The Morgan fingerprint density at radius 2 is 2.00 bits per heavy atom. The van der Waals surface area contributed by atoms with E-state index >= 15 is 0 Å². The van der Waals surface area contributed by atoms with E-state index in [-0.39, 0.29) is 11.6 Å². The number of fused-ring (bicyclic) bond motifs is 1. The largest absolute Gasteiger partial charge is 0.319 e. The molecule has 6 nitrogen and oxygen atoms in total. The number of amides is 1. The molecule has 2 aromatic carbocycles. The number of carbonyl (C=O) groups excluding carboxylic acids is 1. The molecule has 1 aromatic heterocycles. The number of benzene rings is 2. The molecule has 3 aromatic rings. The highest BCUT2D eigenvalue weighted by Crippen LogP contribution is 2.22. The summed E-state index contributed by atoms with van der Waals surface area (Å²) >= 11 is 3.09. The lowest BCUT2D eigenvalue weighted by atomic mass is 10.2. The van der Waals surface area contributed by atoms with E-state index in [0.29, 0.717) is 16.7 Å². The maximum atomic E-state index is 12.2. The molecule has 0 fully saturated rings. The van der Waals surface area contributed by atoms with Gasteiger partial charge in [-0.2, -0.15) is 4.99 Å². The van der Waals surface area contributed by atoms with Gasteiger partial charge in [0, 0.05) is 30.5 Å². The van der Waals surface area contributed by atoms with Gasteiger partial charge in [-0.05, 0) is 37.3 Å². The molecule has 8 heteroatoms. The molecule has 3 rings (SSSR count). The van der Waals surface area contributed by atoms with Gasteiger partial charge in [-0.15, -0.1) is 11.8 Å². The third kappa shape index (κ3) is 4.84. The van der Waals surface area contributed by atoms with Gasteiger partial charge in [0.25, 0.3) is 5.69 Å². The van der Waals surface area contributed by atoms with Gasteiger partial charge in [-0.1, -0.05) is 29.0 Å². The van der Waals surface area contributed by atoms with Gasteiger partial charge in [-0.3, -0.25) is 14.9 Å². The van der Waals surface area contributed by atoms with Crippen molar-refractivity contribution in [3.8, 4) is 0 Å². The van der Waals surface area contributed by atoms with E-state index in [4.69, 9.17) is 0 Å². The molecule has 0 aliphatic rings. The van der Waals surface area contributed by atoms with Crippen molar-refractivity contribution in [1.29, 1.82) is 0 Å². The van der Waals surface area contributed by atoms with Crippen LogP contribution < -0.4 is 4.80 Å². The molecule has 0 atom stereocenters. The Balaban J connectivity index is 1.63. The Morgan fingerprint density at radius 3 is 2.70 bits per heavy atom. The molecule has 0 radical (unpaired) electrons. The predicted molar refractivity (Wildman–Crippen MR) is 109 cm³/mol. The fourth-order valence-corrected chi connectivity index (χ4v) is 4.41. The number of nitrogens with zero attached hydrogens (tertiary/aromatic N) is 3. The minimum Gasteiger partial charge on any atom is -0.319 e. The lowest BCUT2D eigenvalue weighted by Crippen LogP contribution is -2.13. The fourth-order valence-electron chi connectivity index (χ4n) is 2.55. The lowest BCUT2D eigenvalue weighted by molar-refractivity contribution is -0.384. The van der Waals surface area contributed by atoms with E-state index in [1.165, 1.54) is 33.9 Å². The van der Waals surface area contributed by atoms with Gasteiger partial charge in [0.2, 0.25) is 5.91 Å². The minimum absolute atomic E-state index is 0.0295. The molecule has 0 aliphatic carbocycles. The first-order valence-corrected chi connectivity index (χ1v) is 10.3. The van der Waals surface area contributed by atoms with E-state index in [0.717, 1.165) is 16.9 Å². The summed E-state index contributed by atoms with van der Waals surface area (Å²) < 4.78 is 2.59. The van der Waals surface area contributed by atoms with E-state index in [1.807, 2.05) is 0 Å². The normalized spacial score (nSPS) is 11.9. The van der Waals surface area contributed by atoms with E-state index < -0.39 is 4.92 Å². The Kier molecular flexibility index (Phi) is 6.08. The van der Waals surface area contributed by atoms with Gasteiger partial charge < -0.3 is 4.57 Å². The highest BCUT2D eigenvalue weighted by Gasteiger charge is 2.11. The van der Waals surface area contributed by atoms with Crippen LogP contribution in [0.25, 0.3) is 10.2 Å². The summed E-state index contributed by atoms with van der Waals surface area (Å²) in [6.07, 6.45) is 1.13. The zero-order valence-electron chi connectivity index (χ0n) is 15.0. The van der Waals surface area contributed by atoms with Crippen LogP contribution in [0, 0.1) is 17.0 Å². The Bertz CT molecular complexity index is 1050. The van der Waals surface area contributed by atoms with Gasteiger partial charge in [0.05, 0.1) is 15.1 Å². The predicted octanol–water partition coefficient (Wildman–Crippen LogP) is 4.46. The second kappa shape index (κ2) is 8.49. The van der Waals surface area contributed by atoms with Crippen molar-refractivity contribution in [1.82, 2.24) is 4.57 Å². The molecule has 0 saturated carbocycles. The van der Waals surface area contributed by atoms with Crippen LogP contribution in [0.1, 0.15) is 18.4 Å². The van der Waals surface area contributed by atoms with Crippen molar-refractivity contribution >= 4 is 44.9 Å². The summed E-state index contributed by atoms with van der Waals surface area (Å²) in [6, 6.07) is 13.0. The van der Waals surface area contributed by atoms with Gasteiger partial charge in [0.15, 0.2) is 4.80 Å². The number of hydrogen-bond donors (Lipinski definition) is 0. The number of carbonyl (C=O) groups is 1. The zero-order valence-corrected chi connectivity index (χ0v) is 16.7. The molecule has 1 heterocycles. The molecule has 0 bridgehead atoms. The van der Waals surface area contributed by atoms with Crippen molar-refractivity contribution < 1.29 is 9.72 Å². The number of thiazole rings is 1. The molecule has 27 heavy (non-hydrogen) atoms. The first kappa shape index (κ1) is 19.3. The highest BCUT2D eigenvalue weighted by atomic mass is 32.2. The van der Waals surface area contributed by atoms with Crippen LogP contribution in [-0.4, -0.2) is 21.2 Å². The van der Waals surface area contributed by atoms with Gasteiger partial charge in [0.1, 0.15) is 0 Å². The Hall–Kier alpha value is -2.45. The van der Waals surface area contributed by atoms with E-state index in [1.54, 1.807) is 29.4 Å². The molecule has 0 aliphatic heterocycles. The van der Waals surface area contributed by atoms with E-state index in [9.17, 15) is 14.9 Å². The number of nitro groups is 1. The fraction of sp³-hybridized carbons (Fsp3) is 0.263. The molecule has 1 amide bonds. The van der Waals surface area contributed by atoms with Crippen molar-refractivity contribution in [2.75, 3.05) is 5.75 Å². The number of thioether (sulfide) groups is 1. The quantitative estimate of drug-likeness (QED) is 0.264. The smallest absolute Gasteiger partial charge is 0.271 e. The Morgan fingerprint density at radius 1 is 1.26 bits per heavy atom. The molecular formula is C19H19N3O3S2. The van der Waals surface area contributed by atoms with Crippen molar-refractivity contribution in [2.45, 2.75) is 24.7 Å². The zero-order chi connectivity index (χ0) is 19.4. The average Bonchev–Trinajstić information content (AvgIpc) is 2.95. The summed E-state index contributed by atoms with van der Waals surface area (Å²) in [6.45, 7) is 2.06. The second-order valence-electron chi connectivity index (χ2n) is 6.12. The number of aryl methyl sites for hydroxylation is 2. The first-order chi connectivity index (χ1) is 12.9.